The van der Waals surface area contributed by atoms with Gasteiger partial charge in [0.15, 0.2) is 0 Å². The van der Waals surface area contributed by atoms with Crippen LogP contribution in [0.1, 0.15) is 17.7 Å². The van der Waals surface area contributed by atoms with E-state index in [0.717, 1.165) is 0 Å². The molecule has 0 aliphatic rings. The van der Waals surface area contributed by atoms with Crippen molar-refractivity contribution in [3.63, 3.8) is 0 Å². The Bertz CT molecular complexity index is 335. The Hall–Kier alpha value is -1.52. The van der Waals surface area contributed by atoms with Gasteiger partial charge in [0.2, 0.25) is 0 Å². The Kier molecular flexibility index (Phi) is 2.32. The zero-order chi connectivity index (χ0) is 9.14. The first-order valence-corrected chi connectivity index (χ1v) is 3.50. The van der Waals surface area contributed by atoms with Gasteiger partial charge in [0.25, 0.3) is 5.56 Å². The van der Waals surface area contributed by atoms with Gasteiger partial charge in [-0.1, -0.05) is 0 Å². The molecule has 0 aromatic carbocycles. The van der Waals surface area contributed by atoms with Crippen LogP contribution in [-0.4, -0.2) is 16.2 Å². The van der Waals surface area contributed by atoms with Gasteiger partial charge in [-0.25, -0.2) is 0 Å². The number of H-pyrrole nitrogens is 1. The standard InChI is InChI=1S/C7H9NO4/c1-4-5(2-3-6(9)10)12-8-7(4)11/h2-3H2,1H3,(H,8,11)(H,9,10). The smallest absolute Gasteiger partial charge is 0.303 e. The summed E-state index contributed by atoms with van der Waals surface area (Å²) in [5.41, 5.74) is 0.159. The number of carbonyl (C=O) groups is 1. The van der Waals surface area contributed by atoms with E-state index in [1.165, 1.54) is 0 Å². The van der Waals surface area contributed by atoms with Crippen LogP contribution in [0.25, 0.3) is 0 Å². The molecule has 0 unspecified atom stereocenters. The predicted octanol–water partition coefficient (Wildman–Crippen LogP) is 0.294. The van der Waals surface area contributed by atoms with Gasteiger partial charge in [0, 0.05) is 6.42 Å². The topological polar surface area (TPSA) is 83.3 Å². The molecule has 1 aromatic heterocycles. The van der Waals surface area contributed by atoms with Gasteiger partial charge >= 0.3 is 5.97 Å². The average Bonchev–Trinajstić information content (AvgIpc) is 2.30. The van der Waals surface area contributed by atoms with Gasteiger partial charge in [-0.2, -0.15) is 5.16 Å². The van der Waals surface area contributed by atoms with Gasteiger partial charge in [-0.05, 0) is 6.92 Å². The first kappa shape index (κ1) is 8.58. The molecule has 0 amide bonds. The molecule has 1 rings (SSSR count). The molecular weight excluding hydrogens is 162 g/mol. The Balaban J connectivity index is 2.70. The van der Waals surface area contributed by atoms with Crippen molar-refractivity contribution in [3.8, 4) is 0 Å². The molecule has 2 N–H and O–H groups in total. The second kappa shape index (κ2) is 3.25. The van der Waals surface area contributed by atoms with Gasteiger partial charge < -0.3 is 9.63 Å². The lowest BCUT2D eigenvalue weighted by atomic mass is 10.2. The minimum Gasteiger partial charge on any atom is -0.481 e. The lowest BCUT2D eigenvalue weighted by molar-refractivity contribution is -0.137. The third-order valence-corrected chi connectivity index (χ3v) is 1.59. The molecule has 12 heavy (non-hydrogen) atoms. The molecule has 5 nitrogen and oxygen atoms in total. The zero-order valence-corrected chi connectivity index (χ0v) is 6.59. The number of hydrogen-bond acceptors (Lipinski definition) is 3. The summed E-state index contributed by atoms with van der Waals surface area (Å²) in [5, 5.41) is 10.5. The van der Waals surface area contributed by atoms with Gasteiger partial charge in [-0.3, -0.25) is 9.59 Å². The highest BCUT2D eigenvalue weighted by Gasteiger charge is 2.08. The molecule has 0 spiro atoms. The molecule has 0 aliphatic heterocycles. The second-order valence-electron chi connectivity index (χ2n) is 2.48. The van der Waals surface area contributed by atoms with Crippen LogP contribution in [0.5, 0.6) is 0 Å². The SMILES string of the molecule is Cc1c(CCC(=O)O)o[nH]c1=O. The van der Waals surface area contributed by atoms with E-state index in [1.54, 1.807) is 6.92 Å². The third-order valence-electron chi connectivity index (χ3n) is 1.59. The van der Waals surface area contributed by atoms with Crippen LogP contribution in [0.4, 0.5) is 0 Å². The summed E-state index contributed by atoms with van der Waals surface area (Å²) in [7, 11) is 0. The van der Waals surface area contributed by atoms with Crippen molar-refractivity contribution in [2.24, 2.45) is 0 Å². The maximum atomic E-state index is 10.8. The van der Waals surface area contributed by atoms with Crippen molar-refractivity contribution in [3.05, 3.63) is 21.7 Å². The molecule has 0 saturated carbocycles. The summed E-state index contributed by atoms with van der Waals surface area (Å²) in [6, 6.07) is 0. The van der Waals surface area contributed by atoms with E-state index >= 15 is 0 Å². The molecule has 1 aromatic rings. The normalized spacial score (nSPS) is 10.1. The highest BCUT2D eigenvalue weighted by atomic mass is 16.5. The molecular formula is C7H9NO4. The Morgan fingerprint density at radius 1 is 1.67 bits per heavy atom. The van der Waals surface area contributed by atoms with Crippen LogP contribution >= 0.6 is 0 Å². The number of aromatic nitrogens is 1. The van der Waals surface area contributed by atoms with Crippen molar-refractivity contribution in [1.82, 2.24) is 5.16 Å². The number of hydrogen-bond donors (Lipinski definition) is 2. The van der Waals surface area contributed by atoms with E-state index in [-0.39, 0.29) is 18.4 Å². The monoisotopic (exact) mass is 171 g/mol. The van der Waals surface area contributed by atoms with E-state index < -0.39 is 5.97 Å². The molecule has 5 heteroatoms. The number of carboxylic acid groups (broad SMARTS) is 1. The number of aliphatic carboxylic acids is 1. The molecule has 0 aliphatic carbocycles. The van der Waals surface area contributed by atoms with Gasteiger partial charge in [0.05, 0.1) is 12.0 Å². The zero-order valence-electron chi connectivity index (χ0n) is 6.59. The fourth-order valence-corrected chi connectivity index (χ4v) is 0.847. The number of carboxylic acids is 1. The third kappa shape index (κ3) is 1.75. The van der Waals surface area contributed by atoms with E-state index in [0.29, 0.717) is 11.3 Å². The number of aryl methyl sites for hydroxylation is 1. The number of aromatic amines is 1. The maximum Gasteiger partial charge on any atom is 0.303 e. The van der Waals surface area contributed by atoms with Crippen molar-refractivity contribution >= 4 is 5.97 Å². The fraction of sp³-hybridized carbons (Fsp3) is 0.429. The largest absolute Gasteiger partial charge is 0.481 e. The van der Waals surface area contributed by atoms with Crippen molar-refractivity contribution in [2.75, 3.05) is 0 Å². The van der Waals surface area contributed by atoms with Crippen molar-refractivity contribution < 1.29 is 14.4 Å². The summed E-state index contributed by atoms with van der Waals surface area (Å²) in [5.74, 6) is -0.486. The van der Waals surface area contributed by atoms with Crippen LogP contribution in [0.15, 0.2) is 9.32 Å². The first-order chi connectivity index (χ1) is 5.61. The van der Waals surface area contributed by atoms with Crippen LogP contribution in [0, 0.1) is 6.92 Å². The van der Waals surface area contributed by atoms with E-state index in [2.05, 4.69) is 5.16 Å². The van der Waals surface area contributed by atoms with Gasteiger partial charge in [-0.15, -0.1) is 0 Å². The van der Waals surface area contributed by atoms with Crippen molar-refractivity contribution in [1.29, 1.82) is 0 Å². The van der Waals surface area contributed by atoms with Crippen LogP contribution in [-0.2, 0) is 11.2 Å². The maximum absolute atomic E-state index is 10.8. The minimum atomic E-state index is -0.904. The van der Waals surface area contributed by atoms with E-state index in [4.69, 9.17) is 9.63 Å². The second-order valence-corrected chi connectivity index (χ2v) is 2.48. The summed E-state index contributed by atoms with van der Waals surface area (Å²) in [6.07, 6.45) is 0.224. The lowest BCUT2D eigenvalue weighted by Gasteiger charge is -1.91. The van der Waals surface area contributed by atoms with E-state index in [9.17, 15) is 9.59 Å². The van der Waals surface area contributed by atoms with Crippen molar-refractivity contribution in [2.45, 2.75) is 19.8 Å². The van der Waals surface area contributed by atoms with Crippen LogP contribution in [0.3, 0.4) is 0 Å². The van der Waals surface area contributed by atoms with Crippen LogP contribution < -0.4 is 5.56 Å². The summed E-state index contributed by atoms with van der Waals surface area (Å²) < 4.78 is 4.74. The number of rotatable bonds is 3. The average molecular weight is 171 g/mol. The summed E-state index contributed by atoms with van der Waals surface area (Å²) in [4.78, 5) is 20.9. The molecule has 0 fully saturated rings. The fourth-order valence-electron chi connectivity index (χ4n) is 0.847. The molecule has 1 heterocycles. The molecule has 0 bridgehead atoms. The Morgan fingerprint density at radius 2 is 2.33 bits per heavy atom. The first-order valence-electron chi connectivity index (χ1n) is 3.50. The summed E-state index contributed by atoms with van der Waals surface area (Å²) >= 11 is 0. The molecule has 0 radical (unpaired) electrons. The predicted molar refractivity (Wildman–Crippen MR) is 40.0 cm³/mol. The Labute approximate surface area is 68.0 Å². The minimum absolute atomic E-state index is 0.0262. The van der Waals surface area contributed by atoms with Gasteiger partial charge in [0.1, 0.15) is 5.76 Å². The molecule has 0 saturated heterocycles. The molecule has 0 atom stereocenters. The van der Waals surface area contributed by atoms with E-state index in [1.807, 2.05) is 0 Å². The number of nitrogens with one attached hydrogen (secondary N) is 1. The quantitative estimate of drug-likeness (QED) is 0.684. The lowest BCUT2D eigenvalue weighted by Crippen LogP contribution is -2.03. The molecule has 66 valence electrons. The highest BCUT2D eigenvalue weighted by molar-refractivity contribution is 5.66. The Morgan fingerprint density at radius 3 is 2.75 bits per heavy atom. The summed E-state index contributed by atoms with van der Waals surface area (Å²) in [6.45, 7) is 1.60. The highest BCUT2D eigenvalue weighted by Crippen LogP contribution is 2.04. The van der Waals surface area contributed by atoms with Crippen LogP contribution in [0.2, 0.25) is 0 Å².